The van der Waals surface area contributed by atoms with Crippen LogP contribution in [0.5, 0.6) is 34.5 Å². The third kappa shape index (κ3) is 4.84. The van der Waals surface area contributed by atoms with Crippen LogP contribution in [0.4, 0.5) is 0 Å². The standard InChI is InChI=1S/C9H10O5.C8H10O3/c1-13-6-3-5(9(11)12)4-7(14-2)8(6)10;1-10-6-4-3-5-7(11-2)8(6)9/h3-4,10H,1-2H3,(H,11,12);3-5,9H,1-2H3. The number of aromatic hydroxyl groups is 2. The lowest BCUT2D eigenvalue weighted by Crippen LogP contribution is -1.98. The molecule has 0 spiro atoms. The third-order valence-electron chi connectivity index (χ3n) is 3.13. The van der Waals surface area contributed by atoms with Gasteiger partial charge < -0.3 is 34.3 Å². The summed E-state index contributed by atoms with van der Waals surface area (Å²) in [5.41, 5.74) is -0.00324. The van der Waals surface area contributed by atoms with Crippen LogP contribution >= 0.6 is 0 Å². The second-order valence-corrected chi connectivity index (χ2v) is 4.55. The molecule has 0 aliphatic carbocycles. The molecular weight excluding hydrogens is 332 g/mol. The number of ether oxygens (including phenoxy) is 4. The van der Waals surface area contributed by atoms with Crippen molar-refractivity contribution >= 4 is 5.97 Å². The van der Waals surface area contributed by atoms with Gasteiger partial charge in [0.2, 0.25) is 11.5 Å². The molecule has 25 heavy (non-hydrogen) atoms. The van der Waals surface area contributed by atoms with Gasteiger partial charge >= 0.3 is 5.97 Å². The molecule has 8 nitrogen and oxygen atoms in total. The van der Waals surface area contributed by atoms with Crippen LogP contribution in [0, 0.1) is 0 Å². The van der Waals surface area contributed by atoms with Crippen molar-refractivity contribution in [1.29, 1.82) is 0 Å². The van der Waals surface area contributed by atoms with Gasteiger partial charge in [-0.05, 0) is 24.3 Å². The molecule has 0 aliphatic heterocycles. The Labute approximate surface area is 144 Å². The van der Waals surface area contributed by atoms with Gasteiger partial charge in [-0.25, -0.2) is 4.79 Å². The molecule has 2 rings (SSSR count). The van der Waals surface area contributed by atoms with E-state index in [0.717, 1.165) is 0 Å². The molecule has 0 fully saturated rings. The van der Waals surface area contributed by atoms with E-state index in [4.69, 9.17) is 24.1 Å². The molecule has 0 saturated carbocycles. The van der Waals surface area contributed by atoms with E-state index in [0.29, 0.717) is 11.5 Å². The van der Waals surface area contributed by atoms with Crippen LogP contribution in [0.25, 0.3) is 0 Å². The summed E-state index contributed by atoms with van der Waals surface area (Å²) >= 11 is 0. The lowest BCUT2D eigenvalue weighted by Gasteiger charge is -2.08. The first-order valence-corrected chi connectivity index (χ1v) is 6.97. The van der Waals surface area contributed by atoms with E-state index in [1.165, 1.54) is 40.6 Å². The molecule has 8 heteroatoms. The van der Waals surface area contributed by atoms with Gasteiger partial charge in [0.15, 0.2) is 23.0 Å². The maximum atomic E-state index is 10.7. The average Bonchev–Trinajstić information content (AvgIpc) is 2.62. The third-order valence-corrected chi connectivity index (χ3v) is 3.13. The van der Waals surface area contributed by atoms with Gasteiger partial charge in [0.05, 0.1) is 34.0 Å². The second kappa shape index (κ2) is 9.11. The summed E-state index contributed by atoms with van der Waals surface area (Å²) in [6.07, 6.45) is 0. The van der Waals surface area contributed by atoms with Crippen LogP contribution in [0.2, 0.25) is 0 Å². The lowest BCUT2D eigenvalue weighted by molar-refractivity contribution is 0.0696. The van der Waals surface area contributed by atoms with Crippen molar-refractivity contribution in [3.8, 4) is 34.5 Å². The number of hydrogen-bond acceptors (Lipinski definition) is 7. The SMILES string of the molecule is COc1cc(C(=O)O)cc(OC)c1O.COc1cccc(OC)c1O. The molecule has 0 aliphatic rings. The second-order valence-electron chi connectivity index (χ2n) is 4.55. The fourth-order valence-corrected chi connectivity index (χ4v) is 1.85. The van der Waals surface area contributed by atoms with Crippen molar-refractivity contribution < 1.29 is 39.1 Å². The molecule has 0 radical (unpaired) electrons. The predicted molar refractivity (Wildman–Crippen MR) is 89.4 cm³/mol. The molecule has 0 atom stereocenters. The van der Waals surface area contributed by atoms with Crippen molar-refractivity contribution in [2.45, 2.75) is 0 Å². The summed E-state index contributed by atoms with van der Waals surface area (Å²) in [7, 11) is 5.66. The Balaban J connectivity index is 0.000000257. The van der Waals surface area contributed by atoms with E-state index >= 15 is 0 Å². The van der Waals surface area contributed by atoms with Crippen LogP contribution in [0.3, 0.4) is 0 Å². The van der Waals surface area contributed by atoms with Gasteiger partial charge in [0.1, 0.15) is 0 Å². The van der Waals surface area contributed by atoms with Crippen LogP contribution in [-0.2, 0) is 0 Å². The minimum atomic E-state index is -1.11. The fraction of sp³-hybridized carbons (Fsp3) is 0.235. The van der Waals surface area contributed by atoms with Crippen LogP contribution in [-0.4, -0.2) is 49.7 Å². The molecule has 3 N–H and O–H groups in total. The largest absolute Gasteiger partial charge is 0.502 e. The summed E-state index contributed by atoms with van der Waals surface area (Å²) in [6, 6.07) is 7.52. The van der Waals surface area contributed by atoms with Crippen LogP contribution < -0.4 is 18.9 Å². The Morgan fingerprint density at radius 3 is 1.44 bits per heavy atom. The number of benzene rings is 2. The van der Waals surface area contributed by atoms with E-state index in [1.54, 1.807) is 18.2 Å². The molecule has 0 saturated heterocycles. The van der Waals surface area contributed by atoms with Crippen LogP contribution in [0.1, 0.15) is 10.4 Å². The summed E-state index contributed by atoms with van der Waals surface area (Å²) in [4.78, 5) is 10.7. The van der Waals surface area contributed by atoms with Crippen molar-refractivity contribution in [3.63, 3.8) is 0 Å². The van der Waals surface area contributed by atoms with Crippen molar-refractivity contribution in [2.75, 3.05) is 28.4 Å². The first-order valence-electron chi connectivity index (χ1n) is 6.97. The summed E-state index contributed by atoms with van der Waals surface area (Å²) < 4.78 is 19.3. The average molecular weight is 352 g/mol. The zero-order valence-corrected chi connectivity index (χ0v) is 14.3. The van der Waals surface area contributed by atoms with Crippen molar-refractivity contribution in [1.82, 2.24) is 0 Å². The van der Waals surface area contributed by atoms with Gasteiger partial charge in [-0.1, -0.05) is 6.07 Å². The molecule has 0 bridgehead atoms. The van der Waals surface area contributed by atoms with Gasteiger partial charge in [0, 0.05) is 0 Å². The molecule has 0 amide bonds. The molecule has 2 aromatic carbocycles. The highest BCUT2D eigenvalue weighted by atomic mass is 16.5. The quantitative estimate of drug-likeness (QED) is 0.752. The number of methoxy groups -OCH3 is 4. The Kier molecular flexibility index (Phi) is 7.20. The minimum Gasteiger partial charge on any atom is -0.502 e. The van der Waals surface area contributed by atoms with E-state index in [9.17, 15) is 15.0 Å². The van der Waals surface area contributed by atoms with Gasteiger partial charge in [-0.15, -0.1) is 0 Å². The number of carbonyl (C=O) groups is 1. The summed E-state index contributed by atoms with van der Waals surface area (Å²) in [5, 5.41) is 27.5. The monoisotopic (exact) mass is 352 g/mol. The highest BCUT2D eigenvalue weighted by Crippen LogP contribution is 2.37. The topological polar surface area (TPSA) is 115 Å². The van der Waals surface area contributed by atoms with Gasteiger partial charge in [0.25, 0.3) is 0 Å². The van der Waals surface area contributed by atoms with Gasteiger partial charge in [-0.3, -0.25) is 0 Å². The van der Waals surface area contributed by atoms with Crippen molar-refractivity contribution in [3.05, 3.63) is 35.9 Å². The maximum absolute atomic E-state index is 10.7. The van der Waals surface area contributed by atoms with Gasteiger partial charge in [-0.2, -0.15) is 0 Å². The Hall–Kier alpha value is -3.29. The van der Waals surface area contributed by atoms with Crippen LogP contribution in [0.15, 0.2) is 30.3 Å². The van der Waals surface area contributed by atoms with E-state index in [2.05, 4.69) is 0 Å². The molecule has 2 aromatic rings. The molecule has 136 valence electrons. The molecule has 0 heterocycles. The smallest absolute Gasteiger partial charge is 0.335 e. The highest BCUT2D eigenvalue weighted by molar-refractivity contribution is 5.89. The number of hydrogen-bond donors (Lipinski definition) is 3. The number of aromatic carboxylic acids is 1. The summed E-state index contributed by atoms with van der Waals surface area (Å²) in [6.45, 7) is 0. The Morgan fingerprint density at radius 1 is 0.760 bits per heavy atom. The zero-order valence-electron chi connectivity index (χ0n) is 14.3. The number of phenols is 2. The Morgan fingerprint density at radius 2 is 1.12 bits per heavy atom. The zero-order chi connectivity index (χ0) is 19.0. The number of carboxylic acids is 1. The number of para-hydroxylation sites is 1. The highest BCUT2D eigenvalue weighted by Gasteiger charge is 2.14. The van der Waals surface area contributed by atoms with Crippen molar-refractivity contribution in [2.24, 2.45) is 0 Å². The first-order chi connectivity index (χ1) is 11.9. The molecular formula is C17H20O8. The predicted octanol–water partition coefficient (Wildman–Crippen LogP) is 2.52. The first kappa shape index (κ1) is 19.8. The van der Waals surface area contributed by atoms with E-state index in [-0.39, 0.29) is 28.6 Å². The summed E-state index contributed by atoms with van der Waals surface area (Å²) in [5.74, 6) is -0.295. The Bertz CT molecular complexity index is 679. The minimum absolute atomic E-state index is 0.00324. The molecule has 0 aromatic heterocycles. The maximum Gasteiger partial charge on any atom is 0.335 e. The lowest BCUT2D eigenvalue weighted by atomic mass is 10.2. The fourth-order valence-electron chi connectivity index (χ4n) is 1.85. The molecule has 0 unspecified atom stereocenters. The van der Waals surface area contributed by atoms with E-state index in [1.807, 2.05) is 0 Å². The number of carboxylic acid groups (broad SMARTS) is 1. The number of rotatable bonds is 5. The normalized spacial score (nSPS) is 9.44. The number of phenolic OH excluding ortho intramolecular Hbond substituents is 2. The van der Waals surface area contributed by atoms with E-state index < -0.39 is 5.97 Å².